The van der Waals surface area contributed by atoms with Gasteiger partial charge in [-0.2, -0.15) is 4.39 Å². The van der Waals surface area contributed by atoms with E-state index in [9.17, 15) is 4.39 Å². The maximum absolute atomic E-state index is 12.7. The Bertz CT molecular complexity index is 299. The zero-order valence-electron chi connectivity index (χ0n) is 7.15. The van der Waals surface area contributed by atoms with Crippen LogP contribution in [0.4, 0.5) is 10.2 Å². The van der Waals surface area contributed by atoms with Crippen molar-refractivity contribution in [3.63, 3.8) is 0 Å². The normalized spacial score (nSPS) is 17.2. The third-order valence-electron chi connectivity index (χ3n) is 2.24. The van der Waals surface area contributed by atoms with Crippen molar-refractivity contribution in [1.82, 2.24) is 4.98 Å². The Morgan fingerprint density at radius 1 is 1.54 bits per heavy atom. The lowest BCUT2D eigenvalue weighted by Gasteiger charge is -2.39. The molecule has 1 fully saturated rings. The van der Waals surface area contributed by atoms with Gasteiger partial charge < -0.3 is 10.0 Å². The first-order valence-corrected chi connectivity index (χ1v) is 4.28. The minimum absolute atomic E-state index is 0.200. The number of nitrogens with zero attached hydrogens (tertiary/aromatic N) is 2. The van der Waals surface area contributed by atoms with E-state index in [1.54, 1.807) is 12.1 Å². The standard InChI is InChI=1S/C9H11FN2O/c10-8-2-1-3-9(11-8)12-4-7(5-12)6-13/h1-3,7,13H,4-6H2. The Morgan fingerprint density at radius 3 is 2.92 bits per heavy atom. The van der Waals surface area contributed by atoms with Crippen molar-refractivity contribution in [2.45, 2.75) is 0 Å². The van der Waals surface area contributed by atoms with Crippen LogP contribution in [0.15, 0.2) is 18.2 Å². The average molecular weight is 182 g/mol. The fourth-order valence-corrected chi connectivity index (χ4v) is 1.45. The number of aliphatic hydroxyl groups is 1. The molecule has 1 aromatic heterocycles. The summed E-state index contributed by atoms with van der Waals surface area (Å²) in [5, 5.41) is 8.78. The molecule has 0 bridgehead atoms. The van der Waals surface area contributed by atoms with Crippen molar-refractivity contribution >= 4 is 5.82 Å². The Kier molecular flexibility index (Phi) is 2.14. The van der Waals surface area contributed by atoms with E-state index in [0.717, 1.165) is 13.1 Å². The fourth-order valence-electron chi connectivity index (χ4n) is 1.45. The Labute approximate surface area is 75.8 Å². The molecule has 3 nitrogen and oxygen atoms in total. The second kappa shape index (κ2) is 3.30. The van der Waals surface area contributed by atoms with E-state index in [1.165, 1.54) is 6.07 Å². The molecule has 1 aliphatic heterocycles. The highest BCUT2D eigenvalue weighted by Crippen LogP contribution is 2.21. The molecule has 1 aromatic rings. The first-order valence-electron chi connectivity index (χ1n) is 4.28. The number of pyridine rings is 1. The number of hydrogen-bond donors (Lipinski definition) is 1. The topological polar surface area (TPSA) is 36.4 Å². The first kappa shape index (κ1) is 8.44. The van der Waals surface area contributed by atoms with Crippen LogP contribution in [-0.4, -0.2) is 29.8 Å². The van der Waals surface area contributed by atoms with E-state index in [1.807, 2.05) is 4.90 Å². The van der Waals surface area contributed by atoms with Gasteiger partial charge in [-0.25, -0.2) is 4.98 Å². The van der Waals surface area contributed by atoms with Crippen molar-refractivity contribution in [3.05, 3.63) is 24.1 Å². The minimum atomic E-state index is -0.454. The quantitative estimate of drug-likeness (QED) is 0.682. The molecule has 13 heavy (non-hydrogen) atoms. The minimum Gasteiger partial charge on any atom is -0.396 e. The molecule has 1 N–H and O–H groups in total. The van der Waals surface area contributed by atoms with Crippen molar-refractivity contribution < 1.29 is 9.50 Å². The van der Waals surface area contributed by atoms with Crippen molar-refractivity contribution in [2.24, 2.45) is 5.92 Å². The molecule has 2 heterocycles. The molecule has 70 valence electrons. The number of aliphatic hydroxyl groups excluding tert-OH is 1. The summed E-state index contributed by atoms with van der Waals surface area (Å²) in [5.41, 5.74) is 0. The molecular formula is C9H11FN2O. The van der Waals surface area contributed by atoms with Crippen LogP contribution in [0, 0.1) is 11.9 Å². The summed E-state index contributed by atoms with van der Waals surface area (Å²) < 4.78 is 12.7. The molecule has 0 aliphatic carbocycles. The third kappa shape index (κ3) is 1.62. The van der Waals surface area contributed by atoms with Gasteiger partial charge in [-0.3, -0.25) is 0 Å². The molecule has 0 saturated carbocycles. The summed E-state index contributed by atoms with van der Waals surface area (Å²) in [6.45, 7) is 1.74. The molecule has 0 unspecified atom stereocenters. The largest absolute Gasteiger partial charge is 0.396 e. The van der Waals surface area contributed by atoms with Crippen LogP contribution in [0.1, 0.15) is 0 Å². The van der Waals surface area contributed by atoms with Gasteiger partial charge in [0.2, 0.25) is 5.95 Å². The summed E-state index contributed by atoms with van der Waals surface area (Å²) in [5.74, 6) is 0.528. The molecule has 1 saturated heterocycles. The van der Waals surface area contributed by atoms with Gasteiger partial charge in [0.1, 0.15) is 5.82 Å². The number of hydrogen-bond acceptors (Lipinski definition) is 3. The molecule has 0 spiro atoms. The predicted octanol–water partition coefficient (Wildman–Crippen LogP) is 0.649. The molecule has 4 heteroatoms. The van der Waals surface area contributed by atoms with E-state index in [-0.39, 0.29) is 6.61 Å². The number of anilines is 1. The van der Waals surface area contributed by atoms with Crippen molar-refractivity contribution in [3.8, 4) is 0 Å². The summed E-state index contributed by atoms with van der Waals surface area (Å²) in [6, 6.07) is 4.74. The van der Waals surface area contributed by atoms with E-state index < -0.39 is 5.95 Å². The lowest BCUT2D eigenvalue weighted by molar-refractivity contribution is 0.200. The van der Waals surface area contributed by atoms with E-state index in [0.29, 0.717) is 11.7 Å². The summed E-state index contributed by atoms with van der Waals surface area (Å²) >= 11 is 0. The maximum Gasteiger partial charge on any atom is 0.214 e. The van der Waals surface area contributed by atoms with Gasteiger partial charge in [0.25, 0.3) is 0 Å². The Balaban J connectivity index is 2.03. The monoisotopic (exact) mass is 182 g/mol. The van der Waals surface area contributed by atoms with Gasteiger partial charge >= 0.3 is 0 Å². The van der Waals surface area contributed by atoms with Crippen LogP contribution in [0.25, 0.3) is 0 Å². The third-order valence-corrected chi connectivity index (χ3v) is 2.24. The first-order chi connectivity index (χ1) is 6.29. The molecule has 0 amide bonds. The van der Waals surface area contributed by atoms with Gasteiger partial charge in [-0.15, -0.1) is 0 Å². The molecule has 0 atom stereocenters. The van der Waals surface area contributed by atoms with E-state index >= 15 is 0 Å². The second-order valence-corrected chi connectivity index (χ2v) is 3.27. The van der Waals surface area contributed by atoms with Crippen LogP contribution >= 0.6 is 0 Å². The highest BCUT2D eigenvalue weighted by atomic mass is 19.1. The van der Waals surface area contributed by atoms with Crippen molar-refractivity contribution in [1.29, 1.82) is 0 Å². The smallest absolute Gasteiger partial charge is 0.214 e. The zero-order chi connectivity index (χ0) is 9.26. The van der Waals surface area contributed by atoms with Gasteiger partial charge in [0.15, 0.2) is 0 Å². The average Bonchev–Trinajstić information content (AvgIpc) is 2.02. The Hall–Kier alpha value is -1.16. The maximum atomic E-state index is 12.7. The zero-order valence-corrected chi connectivity index (χ0v) is 7.15. The van der Waals surface area contributed by atoms with Crippen LogP contribution in [0.5, 0.6) is 0 Å². The van der Waals surface area contributed by atoms with Crippen LogP contribution in [-0.2, 0) is 0 Å². The van der Waals surface area contributed by atoms with Gasteiger partial charge in [-0.05, 0) is 12.1 Å². The molecule has 2 rings (SSSR count). The van der Waals surface area contributed by atoms with Crippen molar-refractivity contribution in [2.75, 3.05) is 24.6 Å². The van der Waals surface area contributed by atoms with E-state index in [4.69, 9.17) is 5.11 Å². The SMILES string of the molecule is OCC1CN(c2cccc(F)n2)C1. The predicted molar refractivity (Wildman–Crippen MR) is 47.0 cm³/mol. The van der Waals surface area contributed by atoms with E-state index in [2.05, 4.69) is 4.98 Å². The van der Waals surface area contributed by atoms with Gasteiger partial charge in [0, 0.05) is 25.6 Å². The Morgan fingerprint density at radius 2 is 2.31 bits per heavy atom. The molecule has 0 radical (unpaired) electrons. The number of aromatic nitrogens is 1. The summed E-state index contributed by atoms with van der Waals surface area (Å²) in [6.07, 6.45) is 0. The number of rotatable bonds is 2. The van der Waals surface area contributed by atoms with Crippen LogP contribution in [0.3, 0.4) is 0 Å². The van der Waals surface area contributed by atoms with Crippen LogP contribution in [0.2, 0.25) is 0 Å². The fraction of sp³-hybridized carbons (Fsp3) is 0.444. The van der Waals surface area contributed by atoms with Gasteiger partial charge in [-0.1, -0.05) is 6.07 Å². The summed E-state index contributed by atoms with van der Waals surface area (Å²) in [4.78, 5) is 5.69. The lowest BCUT2D eigenvalue weighted by Crippen LogP contribution is -2.48. The summed E-state index contributed by atoms with van der Waals surface area (Å²) in [7, 11) is 0. The van der Waals surface area contributed by atoms with Crippen LogP contribution < -0.4 is 4.90 Å². The highest BCUT2D eigenvalue weighted by molar-refractivity contribution is 5.41. The molecular weight excluding hydrogens is 171 g/mol. The molecule has 1 aliphatic rings. The second-order valence-electron chi connectivity index (χ2n) is 3.27. The number of halogens is 1. The highest BCUT2D eigenvalue weighted by Gasteiger charge is 2.26. The lowest BCUT2D eigenvalue weighted by atomic mass is 10.0. The molecule has 0 aromatic carbocycles. The van der Waals surface area contributed by atoms with Gasteiger partial charge in [0.05, 0.1) is 0 Å².